The zero-order valence-electron chi connectivity index (χ0n) is 12.7. The van der Waals surface area contributed by atoms with E-state index in [2.05, 4.69) is 10.6 Å². The van der Waals surface area contributed by atoms with E-state index in [0.29, 0.717) is 25.2 Å². The molecule has 0 bridgehead atoms. The van der Waals surface area contributed by atoms with Crippen molar-refractivity contribution in [2.45, 2.75) is 27.3 Å². The zero-order chi connectivity index (χ0) is 15.2. The molecule has 1 aromatic rings. The molecule has 0 radical (unpaired) electrons. The molecule has 2 amide bonds. The molecule has 0 atom stereocenters. The number of amides is 2. The van der Waals surface area contributed by atoms with E-state index in [4.69, 9.17) is 5.73 Å². The topological polar surface area (TPSA) is 84.2 Å². The van der Waals surface area contributed by atoms with Crippen LogP contribution in [0.1, 0.15) is 36.7 Å². The highest BCUT2D eigenvalue weighted by atomic mass is 35.5. The molecule has 0 heterocycles. The highest BCUT2D eigenvalue weighted by Crippen LogP contribution is 2.13. The Kier molecular flexibility index (Phi) is 7.99. The lowest BCUT2D eigenvalue weighted by atomic mass is 9.95. The van der Waals surface area contributed by atoms with Crippen LogP contribution in [0.25, 0.3) is 0 Å². The van der Waals surface area contributed by atoms with Crippen molar-refractivity contribution in [2.24, 2.45) is 11.1 Å². The molecule has 0 fully saturated rings. The highest BCUT2D eigenvalue weighted by molar-refractivity contribution is 5.94. The summed E-state index contributed by atoms with van der Waals surface area (Å²) in [6, 6.07) is 7.15. The summed E-state index contributed by atoms with van der Waals surface area (Å²) in [6.07, 6.45) is 0. The van der Waals surface area contributed by atoms with Crippen LogP contribution in [-0.2, 0) is 11.3 Å². The van der Waals surface area contributed by atoms with Gasteiger partial charge in [0.15, 0.2) is 0 Å². The van der Waals surface area contributed by atoms with Crippen molar-refractivity contribution < 1.29 is 9.59 Å². The van der Waals surface area contributed by atoms with E-state index in [1.807, 2.05) is 32.9 Å². The Bertz CT molecular complexity index is 467. The summed E-state index contributed by atoms with van der Waals surface area (Å²) in [7, 11) is 0. The summed E-state index contributed by atoms with van der Waals surface area (Å²) >= 11 is 0. The van der Waals surface area contributed by atoms with E-state index in [1.54, 1.807) is 12.1 Å². The predicted molar refractivity (Wildman–Crippen MR) is 86.4 cm³/mol. The Morgan fingerprint density at radius 3 is 2.14 bits per heavy atom. The van der Waals surface area contributed by atoms with Crippen molar-refractivity contribution in [3.8, 4) is 0 Å². The molecule has 0 spiro atoms. The van der Waals surface area contributed by atoms with E-state index in [1.165, 1.54) is 0 Å². The maximum absolute atomic E-state index is 11.7. The molecule has 0 saturated carbocycles. The van der Waals surface area contributed by atoms with Crippen molar-refractivity contribution >= 4 is 24.2 Å². The lowest BCUT2D eigenvalue weighted by Crippen LogP contribution is -2.34. The molecule has 118 valence electrons. The standard InChI is InChI=1S/C15H23N3O2.ClH/c1-15(2,3)14(20)18-10-11-4-6-12(7-5-11)13(19)17-9-8-16;/h4-7H,8-10,16H2,1-3H3,(H,17,19)(H,18,20);1H. The SMILES string of the molecule is CC(C)(C)C(=O)NCc1ccc(C(=O)NCCN)cc1.Cl. The van der Waals surface area contributed by atoms with Gasteiger partial charge in [0.2, 0.25) is 5.91 Å². The molecule has 21 heavy (non-hydrogen) atoms. The first kappa shape index (κ1) is 19.4. The molecule has 0 aliphatic rings. The molecular formula is C15H24ClN3O2. The minimum absolute atomic E-state index is 0. The van der Waals surface area contributed by atoms with Crippen LogP contribution in [0.3, 0.4) is 0 Å². The highest BCUT2D eigenvalue weighted by Gasteiger charge is 2.20. The lowest BCUT2D eigenvalue weighted by molar-refractivity contribution is -0.128. The van der Waals surface area contributed by atoms with Crippen LogP contribution in [0.2, 0.25) is 0 Å². The number of nitrogens with two attached hydrogens (primary N) is 1. The molecule has 1 aromatic carbocycles. The van der Waals surface area contributed by atoms with Crippen molar-refractivity contribution in [3.05, 3.63) is 35.4 Å². The van der Waals surface area contributed by atoms with Gasteiger partial charge in [-0.2, -0.15) is 0 Å². The first-order valence-electron chi connectivity index (χ1n) is 6.70. The maximum atomic E-state index is 11.7. The molecule has 0 aliphatic carbocycles. The van der Waals surface area contributed by atoms with Crippen molar-refractivity contribution in [3.63, 3.8) is 0 Å². The molecule has 4 N–H and O–H groups in total. The van der Waals surface area contributed by atoms with Crippen LogP contribution in [0.15, 0.2) is 24.3 Å². The largest absolute Gasteiger partial charge is 0.352 e. The summed E-state index contributed by atoms with van der Waals surface area (Å²) in [6.45, 7) is 6.94. The number of benzene rings is 1. The Labute approximate surface area is 132 Å². The van der Waals surface area contributed by atoms with Crippen LogP contribution in [0.4, 0.5) is 0 Å². The van der Waals surface area contributed by atoms with Crippen molar-refractivity contribution in [1.82, 2.24) is 10.6 Å². The minimum Gasteiger partial charge on any atom is -0.352 e. The number of rotatable bonds is 5. The Morgan fingerprint density at radius 2 is 1.67 bits per heavy atom. The molecule has 0 aliphatic heterocycles. The molecule has 1 rings (SSSR count). The molecular weight excluding hydrogens is 290 g/mol. The van der Waals surface area contributed by atoms with Gasteiger partial charge in [-0.25, -0.2) is 0 Å². The average molecular weight is 314 g/mol. The van der Waals surface area contributed by atoms with Crippen LogP contribution in [0.5, 0.6) is 0 Å². The van der Waals surface area contributed by atoms with Crippen molar-refractivity contribution in [1.29, 1.82) is 0 Å². The summed E-state index contributed by atoms with van der Waals surface area (Å²) in [5, 5.41) is 5.57. The molecule has 0 saturated heterocycles. The van der Waals surface area contributed by atoms with Crippen LogP contribution < -0.4 is 16.4 Å². The lowest BCUT2D eigenvalue weighted by Gasteiger charge is -2.17. The van der Waals surface area contributed by atoms with E-state index in [-0.39, 0.29) is 24.2 Å². The summed E-state index contributed by atoms with van der Waals surface area (Å²) in [4.78, 5) is 23.4. The predicted octanol–water partition coefficient (Wildman–Crippen LogP) is 1.46. The van der Waals surface area contributed by atoms with Gasteiger partial charge in [-0.05, 0) is 17.7 Å². The Balaban J connectivity index is 0.00000400. The second-order valence-electron chi connectivity index (χ2n) is 5.67. The van der Waals surface area contributed by atoms with Gasteiger partial charge in [0.25, 0.3) is 5.91 Å². The third kappa shape index (κ3) is 6.60. The van der Waals surface area contributed by atoms with Crippen molar-refractivity contribution in [2.75, 3.05) is 13.1 Å². The summed E-state index contributed by atoms with van der Waals surface area (Å²) in [5.41, 5.74) is 6.47. The quantitative estimate of drug-likeness (QED) is 0.769. The molecule has 0 aromatic heterocycles. The van der Waals surface area contributed by atoms with E-state index < -0.39 is 5.41 Å². The smallest absolute Gasteiger partial charge is 0.251 e. The third-order valence-corrected chi connectivity index (χ3v) is 2.78. The minimum atomic E-state index is -0.401. The van der Waals surface area contributed by atoms with Gasteiger partial charge < -0.3 is 16.4 Å². The number of carbonyl (C=O) groups excluding carboxylic acids is 2. The van der Waals surface area contributed by atoms with Gasteiger partial charge in [0.1, 0.15) is 0 Å². The third-order valence-electron chi connectivity index (χ3n) is 2.78. The second-order valence-corrected chi connectivity index (χ2v) is 5.67. The van der Waals surface area contributed by atoms with Gasteiger partial charge in [-0.1, -0.05) is 32.9 Å². The monoisotopic (exact) mass is 313 g/mol. The fourth-order valence-electron chi connectivity index (χ4n) is 1.51. The second kappa shape index (κ2) is 8.64. The van der Waals surface area contributed by atoms with E-state index in [0.717, 1.165) is 5.56 Å². The number of hydrogen-bond donors (Lipinski definition) is 3. The van der Waals surface area contributed by atoms with Gasteiger partial charge in [0, 0.05) is 30.6 Å². The van der Waals surface area contributed by atoms with Crippen LogP contribution >= 0.6 is 12.4 Å². The zero-order valence-corrected chi connectivity index (χ0v) is 13.5. The van der Waals surface area contributed by atoms with Gasteiger partial charge >= 0.3 is 0 Å². The van der Waals surface area contributed by atoms with Gasteiger partial charge in [0.05, 0.1) is 0 Å². The van der Waals surface area contributed by atoms with Crippen LogP contribution in [-0.4, -0.2) is 24.9 Å². The van der Waals surface area contributed by atoms with Crippen LogP contribution in [0, 0.1) is 5.41 Å². The van der Waals surface area contributed by atoms with Gasteiger partial charge in [-0.15, -0.1) is 12.4 Å². The number of hydrogen-bond acceptors (Lipinski definition) is 3. The average Bonchev–Trinajstić information content (AvgIpc) is 2.41. The maximum Gasteiger partial charge on any atom is 0.251 e. The molecule has 5 nitrogen and oxygen atoms in total. The molecule has 6 heteroatoms. The number of carbonyl (C=O) groups is 2. The fraction of sp³-hybridized carbons (Fsp3) is 0.467. The summed E-state index contributed by atoms with van der Waals surface area (Å²) < 4.78 is 0. The van der Waals surface area contributed by atoms with E-state index in [9.17, 15) is 9.59 Å². The normalized spacial score (nSPS) is 10.5. The Morgan fingerprint density at radius 1 is 1.10 bits per heavy atom. The number of nitrogens with one attached hydrogen (secondary N) is 2. The first-order chi connectivity index (χ1) is 9.34. The van der Waals surface area contributed by atoms with E-state index >= 15 is 0 Å². The summed E-state index contributed by atoms with van der Waals surface area (Å²) in [5.74, 6) is -0.136. The number of halogens is 1. The Hall–Kier alpha value is -1.59. The first-order valence-corrected chi connectivity index (χ1v) is 6.70. The molecule has 0 unspecified atom stereocenters. The van der Waals surface area contributed by atoms with Gasteiger partial charge in [-0.3, -0.25) is 9.59 Å². The fourth-order valence-corrected chi connectivity index (χ4v) is 1.51.